The molecular formula is C54H46CaCl2N6O12S2. The molecule has 0 saturated heterocycles. The van der Waals surface area contributed by atoms with Gasteiger partial charge in [0.15, 0.2) is 5.75 Å². The van der Waals surface area contributed by atoms with E-state index in [1.807, 2.05) is 6.92 Å². The number of hydrogen-bond acceptors (Lipinski definition) is 15. The number of phenolic OH excluding ortho intramolecular Hbond substituents is 1. The maximum atomic E-state index is 13.4. The number of ether oxygens (including phenoxy) is 2. The molecule has 0 spiro atoms. The van der Waals surface area contributed by atoms with Crippen LogP contribution >= 0.6 is 23.2 Å². The number of carbonyl (C=O) groups excluding carboxylic acids is 1. The Morgan fingerprint density at radius 1 is 0.597 bits per heavy atom. The largest absolute Gasteiger partial charge is 2.00 e. The number of aromatic hydroxyl groups is 1. The standard InChI is InChI=1S/2C27H24ClN3O6S.Ca/c2*1-3-16-14-24(38(34,35)36)22(15-20(16)28)30-31-25-18-10-6-5-9-17(18)13-19(26(25)32)27(33)29-21-11-7-8-12-23(21)37-4-2;/h2*5-15,32H,3-4H2,1-2H3,(H,29,33)(H,34,35,36);/q;;+2/p-2. The van der Waals surface area contributed by atoms with Crippen LogP contribution in [0, 0.1) is 0 Å². The van der Waals surface area contributed by atoms with Gasteiger partial charge in [-0.15, -0.1) is 15.3 Å². The van der Waals surface area contributed by atoms with Crippen LogP contribution in [0.2, 0.25) is 10.0 Å². The molecule has 0 bridgehead atoms. The molecule has 0 aliphatic carbocycles. The van der Waals surface area contributed by atoms with Gasteiger partial charge in [-0.3, -0.25) is 18.9 Å². The zero-order valence-electron chi connectivity index (χ0n) is 41.6. The van der Waals surface area contributed by atoms with Gasteiger partial charge in [-0.25, -0.2) is 0 Å². The number of halogens is 2. The summed E-state index contributed by atoms with van der Waals surface area (Å²) in [5.74, 6) is -1.79. The van der Waals surface area contributed by atoms with Crippen molar-refractivity contribution < 1.29 is 55.5 Å². The van der Waals surface area contributed by atoms with Gasteiger partial charge in [-0.05, 0) is 121 Å². The fraction of sp³-hybridized carbons (Fsp3) is 0.148. The van der Waals surface area contributed by atoms with Gasteiger partial charge in [-0.2, -0.15) is 21.9 Å². The van der Waals surface area contributed by atoms with Crippen molar-refractivity contribution in [2.75, 3.05) is 18.5 Å². The monoisotopic (exact) mass is 1140 g/mol. The zero-order valence-corrected chi connectivity index (χ0v) is 46.9. The van der Waals surface area contributed by atoms with Crippen molar-refractivity contribution in [3.05, 3.63) is 166 Å². The normalized spacial score (nSPS) is 11.9. The molecule has 1 amide bonds. The minimum atomic E-state index is -4.68. The first-order valence-electron chi connectivity index (χ1n) is 23.2. The molecule has 0 fully saturated rings. The zero-order chi connectivity index (χ0) is 54.9. The van der Waals surface area contributed by atoms with Crippen molar-refractivity contribution in [3.63, 3.8) is 0 Å². The minimum Gasteiger partial charge on any atom is -0.871 e. The molecule has 0 radical (unpaired) electrons. The second kappa shape index (κ2) is 26.1. The third-order valence-corrected chi connectivity index (χ3v) is 13.8. The fourth-order valence-corrected chi connectivity index (χ4v) is 9.58. The predicted octanol–water partition coefficient (Wildman–Crippen LogP) is 12.3. The molecule has 0 unspecified atom stereocenters. The summed E-state index contributed by atoms with van der Waals surface area (Å²) in [4.78, 5) is 16.3. The number of aryl methyl sites for hydroxylation is 2. The molecule has 0 heterocycles. The van der Waals surface area contributed by atoms with Crippen LogP contribution in [-0.2, 0) is 33.1 Å². The van der Waals surface area contributed by atoms with Gasteiger partial charge in [0.05, 0.1) is 30.2 Å². The second-order valence-electron chi connectivity index (χ2n) is 16.2. The Bertz CT molecular complexity index is 3860. The van der Waals surface area contributed by atoms with Crippen molar-refractivity contribution in [1.29, 1.82) is 0 Å². The number of benzene rings is 8. The van der Waals surface area contributed by atoms with E-state index in [9.17, 15) is 46.1 Å². The number of carbonyl (C=O) groups is 1. The maximum Gasteiger partial charge on any atom is 2.00 e. The molecule has 0 aromatic heterocycles. The number of nitrogens with zero attached hydrogens (tertiary/aromatic N) is 5. The summed E-state index contributed by atoms with van der Waals surface area (Å²) in [7, 11) is -9.33. The summed E-state index contributed by atoms with van der Waals surface area (Å²) >= 11 is 12.5. The van der Waals surface area contributed by atoms with Gasteiger partial charge >= 0.3 is 37.7 Å². The van der Waals surface area contributed by atoms with Crippen LogP contribution in [0.4, 0.5) is 34.1 Å². The number of nitrogens with one attached hydrogen (secondary N) is 1. The quantitative estimate of drug-likeness (QED) is 0.0231. The van der Waals surface area contributed by atoms with Crippen molar-refractivity contribution in [1.82, 2.24) is 0 Å². The summed E-state index contributed by atoms with van der Waals surface area (Å²) in [5, 5.41) is 58.9. The summed E-state index contributed by atoms with van der Waals surface area (Å²) in [6.07, 6.45) is 0.835. The molecule has 23 heteroatoms. The van der Waals surface area contributed by atoms with Gasteiger partial charge in [0.25, 0.3) is 26.1 Å². The summed E-state index contributed by atoms with van der Waals surface area (Å²) in [6.45, 7) is 7.93. The van der Waals surface area contributed by atoms with Crippen LogP contribution in [0.1, 0.15) is 54.7 Å². The molecule has 18 nitrogen and oxygen atoms in total. The number of fused-ring (bicyclic) bond motifs is 2. The Balaban J connectivity index is 0.000000246. The first-order chi connectivity index (χ1) is 36.3. The Hall–Kier alpha value is -6.72. The Kier molecular flexibility index (Phi) is 20.2. The maximum absolute atomic E-state index is 13.4. The summed E-state index contributed by atoms with van der Waals surface area (Å²) in [6, 6.07) is 35.0. The van der Waals surface area contributed by atoms with E-state index in [-0.39, 0.29) is 87.3 Å². The van der Waals surface area contributed by atoms with E-state index < -0.39 is 53.3 Å². The van der Waals surface area contributed by atoms with Crippen LogP contribution in [-0.4, -0.2) is 93.8 Å². The number of amides is 1. The van der Waals surface area contributed by atoms with Gasteiger partial charge in [0.1, 0.15) is 44.0 Å². The number of rotatable bonds is 16. The van der Waals surface area contributed by atoms with E-state index in [4.69, 9.17) is 32.7 Å². The average molecular weight is 1150 g/mol. The predicted molar refractivity (Wildman–Crippen MR) is 294 cm³/mol. The number of para-hydroxylation sites is 4. The van der Waals surface area contributed by atoms with Crippen molar-refractivity contribution in [3.8, 4) is 23.0 Å². The third kappa shape index (κ3) is 14.1. The fourth-order valence-electron chi connectivity index (χ4n) is 7.69. The SMILES string of the molecule is CCOc1ccccc1N=C([O-])c1cc2ccccc2c(N=Nc2cc(Cl)c(CC)cc2S(=O)(=O)O)c1[O-].CCOc1ccccc1NC(=O)c1cc2ccccc2c(N=Nc2cc(Cl)c(CC)cc2S(=O)(=O)O)c1O.[Ca+2]. The Morgan fingerprint density at radius 3 is 1.58 bits per heavy atom. The molecule has 0 atom stereocenters. The van der Waals surface area contributed by atoms with E-state index in [0.29, 0.717) is 75.9 Å². The smallest absolute Gasteiger partial charge is 0.871 e. The van der Waals surface area contributed by atoms with Gasteiger partial charge < -0.3 is 30.1 Å². The minimum absolute atomic E-state index is 0. The third-order valence-electron chi connectivity index (χ3n) is 11.4. The first kappa shape index (κ1) is 59.5. The van der Waals surface area contributed by atoms with Crippen LogP contribution in [0.15, 0.2) is 169 Å². The Morgan fingerprint density at radius 2 is 1.05 bits per heavy atom. The van der Waals surface area contributed by atoms with Gasteiger partial charge in [0, 0.05) is 20.8 Å². The molecule has 4 N–H and O–H groups in total. The molecule has 8 rings (SSSR count). The number of anilines is 1. The molecule has 392 valence electrons. The van der Waals surface area contributed by atoms with Crippen LogP contribution in [0.5, 0.6) is 23.0 Å². The summed E-state index contributed by atoms with van der Waals surface area (Å²) in [5.41, 5.74) is 0.574. The van der Waals surface area contributed by atoms with Crippen LogP contribution < -0.4 is 25.0 Å². The molecule has 77 heavy (non-hydrogen) atoms. The number of hydrogen-bond donors (Lipinski definition) is 4. The van der Waals surface area contributed by atoms with E-state index in [2.05, 4.69) is 30.8 Å². The molecule has 0 saturated carbocycles. The molecule has 8 aromatic rings. The molecule has 8 aromatic carbocycles. The Labute approximate surface area is 483 Å². The number of azo groups is 2. The van der Waals surface area contributed by atoms with E-state index in [0.717, 1.165) is 0 Å². The average Bonchev–Trinajstić information content (AvgIpc) is 3.38. The van der Waals surface area contributed by atoms with E-state index >= 15 is 0 Å². The molecule has 0 aliphatic rings. The first-order valence-corrected chi connectivity index (χ1v) is 26.8. The molecule has 0 aliphatic heterocycles. The summed E-state index contributed by atoms with van der Waals surface area (Å²) < 4.78 is 78.5. The van der Waals surface area contributed by atoms with Crippen molar-refractivity contribution in [2.45, 2.75) is 50.3 Å². The van der Waals surface area contributed by atoms with Gasteiger partial charge in [-0.1, -0.05) is 116 Å². The van der Waals surface area contributed by atoms with Crippen molar-refractivity contribution >= 4 is 149 Å². The topological polar surface area (TPSA) is 284 Å². The number of aliphatic imine (C=N–C) groups is 1. The molecular weight excluding hydrogens is 1100 g/mol. The van der Waals surface area contributed by atoms with Crippen LogP contribution in [0.3, 0.4) is 0 Å². The van der Waals surface area contributed by atoms with Crippen molar-refractivity contribution in [2.24, 2.45) is 25.4 Å². The van der Waals surface area contributed by atoms with Gasteiger partial charge in [0.2, 0.25) is 0 Å². The number of phenols is 1. The second-order valence-corrected chi connectivity index (χ2v) is 19.8. The van der Waals surface area contributed by atoms with Crippen LogP contribution in [0.25, 0.3) is 21.5 Å². The van der Waals surface area contributed by atoms with E-state index in [1.54, 1.807) is 118 Å². The van der Waals surface area contributed by atoms with E-state index in [1.165, 1.54) is 36.4 Å².